The summed E-state index contributed by atoms with van der Waals surface area (Å²) >= 11 is 6.20. The monoisotopic (exact) mass is 387 g/mol. The number of rotatable bonds is 6. The number of aromatic nitrogens is 1. The molecular formula is C21H26ClN3O2. The molecule has 6 heteroatoms. The fourth-order valence-corrected chi connectivity index (χ4v) is 3.46. The van der Waals surface area contributed by atoms with Gasteiger partial charge >= 0.3 is 0 Å². The van der Waals surface area contributed by atoms with Gasteiger partial charge < -0.3 is 14.5 Å². The number of hydrogen-bond acceptors (Lipinski definition) is 4. The van der Waals surface area contributed by atoms with Gasteiger partial charge in [-0.05, 0) is 56.0 Å². The van der Waals surface area contributed by atoms with Crippen molar-refractivity contribution in [2.24, 2.45) is 0 Å². The van der Waals surface area contributed by atoms with Crippen LogP contribution in [0.3, 0.4) is 0 Å². The fraction of sp³-hybridized carbons (Fsp3) is 0.429. The number of carbonyl (C=O) groups excluding carboxylic acids is 1. The number of likely N-dealkylation sites (tertiary alicyclic amines) is 1. The first-order valence-electron chi connectivity index (χ1n) is 9.40. The third-order valence-corrected chi connectivity index (χ3v) is 5.09. The maximum Gasteiger partial charge on any atom is 0.254 e. The van der Waals surface area contributed by atoms with Gasteiger partial charge in [-0.1, -0.05) is 17.7 Å². The van der Waals surface area contributed by atoms with Crippen LogP contribution in [0.1, 0.15) is 35.2 Å². The summed E-state index contributed by atoms with van der Waals surface area (Å²) < 4.78 is 5.78. The van der Waals surface area contributed by atoms with Gasteiger partial charge in [0.2, 0.25) is 0 Å². The molecule has 1 aliphatic rings. The van der Waals surface area contributed by atoms with Gasteiger partial charge in [-0.25, -0.2) is 4.98 Å². The van der Waals surface area contributed by atoms with Crippen molar-refractivity contribution >= 4 is 23.3 Å². The number of carbonyl (C=O) groups is 1. The third-order valence-electron chi connectivity index (χ3n) is 4.80. The summed E-state index contributed by atoms with van der Waals surface area (Å²) in [6.07, 6.45) is 5.07. The van der Waals surface area contributed by atoms with Crippen LogP contribution in [0, 0.1) is 6.92 Å². The molecule has 0 radical (unpaired) electrons. The molecule has 0 aliphatic carbocycles. The minimum Gasteiger partial charge on any atom is -0.490 e. The standard InChI is InChI=1S/C21H26ClN3O2/c1-16-6-7-19(18(22)14-16)27-13-12-24(2)20-15-17(8-9-23-20)21(26)25-10-4-3-5-11-25/h6-9,14-15H,3-5,10-13H2,1-2H3. The average Bonchev–Trinajstić information content (AvgIpc) is 2.69. The van der Waals surface area contributed by atoms with Crippen molar-refractivity contribution in [1.29, 1.82) is 0 Å². The van der Waals surface area contributed by atoms with E-state index in [2.05, 4.69) is 4.98 Å². The number of hydrogen-bond donors (Lipinski definition) is 0. The molecule has 1 aliphatic heterocycles. The van der Waals surface area contributed by atoms with Crippen LogP contribution in [-0.4, -0.2) is 49.1 Å². The zero-order chi connectivity index (χ0) is 19.2. The molecule has 2 heterocycles. The van der Waals surface area contributed by atoms with Crippen molar-refractivity contribution in [1.82, 2.24) is 9.88 Å². The molecule has 27 heavy (non-hydrogen) atoms. The molecule has 0 N–H and O–H groups in total. The van der Waals surface area contributed by atoms with Crippen molar-refractivity contribution in [2.75, 3.05) is 38.2 Å². The largest absolute Gasteiger partial charge is 0.490 e. The predicted octanol–water partition coefficient (Wildman–Crippen LogP) is 4.18. The summed E-state index contributed by atoms with van der Waals surface area (Å²) in [5, 5.41) is 0.616. The van der Waals surface area contributed by atoms with E-state index in [4.69, 9.17) is 16.3 Å². The lowest BCUT2D eigenvalue weighted by atomic mass is 10.1. The third kappa shape index (κ3) is 5.13. The van der Waals surface area contributed by atoms with Crippen LogP contribution in [-0.2, 0) is 0 Å². The lowest BCUT2D eigenvalue weighted by Crippen LogP contribution is -2.35. The Morgan fingerprint density at radius 2 is 2.00 bits per heavy atom. The normalized spacial score (nSPS) is 14.1. The van der Waals surface area contributed by atoms with E-state index in [1.807, 2.05) is 48.0 Å². The van der Waals surface area contributed by atoms with E-state index in [0.717, 1.165) is 37.3 Å². The van der Waals surface area contributed by atoms with Gasteiger partial charge in [0, 0.05) is 31.9 Å². The van der Waals surface area contributed by atoms with Crippen LogP contribution in [0.4, 0.5) is 5.82 Å². The minimum absolute atomic E-state index is 0.0921. The maximum atomic E-state index is 12.7. The van der Waals surface area contributed by atoms with E-state index in [0.29, 0.717) is 29.5 Å². The fourth-order valence-electron chi connectivity index (χ4n) is 3.17. The second-order valence-electron chi connectivity index (χ2n) is 6.96. The van der Waals surface area contributed by atoms with Crippen molar-refractivity contribution in [3.05, 3.63) is 52.7 Å². The first-order chi connectivity index (χ1) is 13.0. The number of halogens is 1. The van der Waals surface area contributed by atoms with Gasteiger partial charge in [0.25, 0.3) is 5.91 Å². The summed E-state index contributed by atoms with van der Waals surface area (Å²) in [5.74, 6) is 1.53. The number of pyridine rings is 1. The Balaban J connectivity index is 1.58. The number of amides is 1. The van der Waals surface area contributed by atoms with E-state index >= 15 is 0 Å². The van der Waals surface area contributed by atoms with Gasteiger partial charge in [-0.15, -0.1) is 0 Å². The molecule has 0 unspecified atom stereocenters. The van der Waals surface area contributed by atoms with E-state index < -0.39 is 0 Å². The molecule has 144 valence electrons. The highest BCUT2D eigenvalue weighted by Crippen LogP contribution is 2.25. The lowest BCUT2D eigenvalue weighted by Gasteiger charge is -2.27. The van der Waals surface area contributed by atoms with Crippen molar-refractivity contribution in [2.45, 2.75) is 26.2 Å². The van der Waals surface area contributed by atoms with Crippen LogP contribution in [0.25, 0.3) is 0 Å². The number of nitrogens with zero attached hydrogens (tertiary/aromatic N) is 3. The van der Waals surface area contributed by atoms with Crippen LogP contribution >= 0.6 is 11.6 Å². The van der Waals surface area contributed by atoms with Gasteiger partial charge in [0.1, 0.15) is 18.2 Å². The number of anilines is 1. The molecule has 0 saturated carbocycles. The Morgan fingerprint density at radius 3 is 2.74 bits per heavy atom. The van der Waals surface area contributed by atoms with Gasteiger partial charge in [-0.3, -0.25) is 4.79 Å². The van der Waals surface area contributed by atoms with Gasteiger partial charge in [0.05, 0.1) is 11.6 Å². The van der Waals surface area contributed by atoms with Crippen molar-refractivity contribution in [3.63, 3.8) is 0 Å². The molecule has 1 saturated heterocycles. The Morgan fingerprint density at radius 1 is 1.22 bits per heavy atom. The summed E-state index contributed by atoms with van der Waals surface area (Å²) in [5.41, 5.74) is 1.79. The summed E-state index contributed by atoms with van der Waals surface area (Å²) in [4.78, 5) is 21.0. The first kappa shape index (κ1) is 19.5. The number of likely N-dealkylation sites (N-methyl/N-ethyl adjacent to an activating group) is 1. The Labute approximate surface area is 165 Å². The van der Waals surface area contributed by atoms with E-state index in [-0.39, 0.29) is 5.91 Å². The van der Waals surface area contributed by atoms with Gasteiger partial charge in [0.15, 0.2) is 0 Å². The highest BCUT2D eigenvalue weighted by Gasteiger charge is 2.19. The van der Waals surface area contributed by atoms with E-state index in [9.17, 15) is 4.79 Å². The molecule has 3 rings (SSSR count). The molecule has 0 spiro atoms. The maximum absolute atomic E-state index is 12.7. The summed E-state index contributed by atoms with van der Waals surface area (Å²) in [6, 6.07) is 9.39. The summed E-state index contributed by atoms with van der Waals surface area (Å²) in [6.45, 7) is 4.80. The van der Waals surface area contributed by atoms with Crippen LogP contribution in [0.15, 0.2) is 36.5 Å². The van der Waals surface area contributed by atoms with E-state index in [1.54, 1.807) is 12.3 Å². The number of benzene rings is 1. The number of ether oxygens (including phenoxy) is 1. The second-order valence-corrected chi connectivity index (χ2v) is 7.37. The molecule has 2 aromatic rings. The van der Waals surface area contributed by atoms with Crippen molar-refractivity contribution in [3.8, 4) is 5.75 Å². The van der Waals surface area contributed by atoms with Crippen LogP contribution in [0.2, 0.25) is 5.02 Å². The predicted molar refractivity (Wildman–Crippen MR) is 109 cm³/mol. The molecule has 0 bridgehead atoms. The highest BCUT2D eigenvalue weighted by molar-refractivity contribution is 6.32. The molecule has 1 aromatic heterocycles. The molecule has 5 nitrogen and oxygen atoms in total. The molecule has 1 fully saturated rings. The van der Waals surface area contributed by atoms with Crippen LogP contribution < -0.4 is 9.64 Å². The Kier molecular flexibility index (Phi) is 6.56. The SMILES string of the molecule is Cc1ccc(OCCN(C)c2cc(C(=O)N3CCCCC3)ccn2)c(Cl)c1. The average molecular weight is 388 g/mol. The lowest BCUT2D eigenvalue weighted by molar-refractivity contribution is 0.0724. The molecular weight excluding hydrogens is 362 g/mol. The zero-order valence-electron chi connectivity index (χ0n) is 15.9. The number of piperidine rings is 1. The summed E-state index contributed by atoms with van der Waals surface area (Å²) in [7, 11) is 1.94. The minimum atomic E-state index is 0.0921. The number of aryl methyl sites for hydroxylation is 1. The molecule has 0 atom stereocenters. The van der Waals surface area contributed by atoms with Crippen molar-refractivity contribution < 1.29 is 9.53 Å². The Hall–Kier alpha value is -2.27. The van der Waals surface area contributed by atoms with E-state index in [1.165, 1.54) is 6.42 Å². The smallest absolute Gasteiger partial charge is 0.254 e. The second kappa shape index (κ2) is 9.09. The quantitative estimate of drug-likeness (QED) is 0.745. The van der Waals surface area contributed by atoms with Crippen LogP contribution in [0.5, 0.6) is 5.75 Å². The zero-order valence-corrected chi connectivity index (χ0v) is 16.7. The highest BCUT2D eigenvalue weighted by atomic mass is 35.5. The molecule has 1 aromatic carbocycles. The first-order valence-corrected chi connectivity index (χ1v) is 9.78. The van der Waals surface area contributed by atoms with Gasteiger partial charge in [-0.2, -0.15) is 0 Å². The Bertz CT molecular complexity index is 791. The molecule has 1 amide bonds. The topological polar surface area (TPSA) is 45.7 Å².